The molecule has 7 nitrogen and oxygen atoms in total. The van der Waals surface area contributed by atoms with E-state index < -0.39 is 5.97 Å². The lowest BCUT2D eigenvalue weighted by atomic mass is 10.3. The highest BCUT2D eigenvalue weighted by molar-refractivity contribution is 5.84. The lowest BCUT2D eigenvalue weighted by molar-refractivity contribution is -0.128. The number of hydrogen-bond donors (Lipinski definition) is 1. The fourth-order valence-corrected chi connectivity index (χ4v) is 1.33. The third-order valence-corrected chi connectivity index (χ3v) is 2.35. The van der Waals surface area contributed by atoms with Crippen molar-refractivity contribution in [3.8, 4) is 0 Å². The Balaban J connectivity index is 2.67. The number of rotatable bonds is 5. The van der Waals surface area contributed by atoms with Crippen LogP contribution >= 0.6 is 0 Å². The number of nitrogens with zero attached hydrogens (tertiary/aromatic N) is 3. The molecule has 0 radical (unpaired) electrons. The molecule has 98 valence electrons. The van der Waals surface area contributed by atoms with Crippen LogP contribution in [0.5, 0.6) is 0 Å². The second-order valence-electron chi connectivity index (χ2n) is 3.98. The molecule has 18 heavy (non-hydrogen) atoms. The molecule has 1 heterocycles. The van der Waals surface area contributed by atoms with Gasteiger partial charge in [-0.1, -0.05) is 0 Å². The summed E-state index contributed by atoms with van der Waals surface area (Å²) < 4.78 is 1.06. The number of hydrogen-bond acceptors (Lipinski definition) is 4. The monoisotopic (exact) mass is 253 g/mol. The van der Waals surface area contributed by atoms with Crippen LogP contribution in [0.2, 0.25) is 0 Å². The molecular formula is C11H15N3O4. The maximum absolute atomic E-state index is 11.4. The van der Waals surface area contributed by atoms with E-state index in [-0.39, 0.29) is 23.7 Å². The highest BCUT2D eigenvalue weighted by Gasteiger charge is 2.08. The fourth-order valence-electron chi connectivity index (χ4n) is 1.33. The number of aromatic carboxylic acids is 1. The Kier molecular flexibility index (Phi) is 4.59. The maximum Gasteiger partial charge on any atom is 0.356 e. The zero-order valence-electron chi connectivity index (χ0n) is 10.3. The van der Waals surface area contributed by atoms with E-state index in [2.05, 4.69) is 5.10 Å². The van der Waals surface area contributed by atoms with Crippen molar-refractivity contribution in [1.29, 1.82) is 0 Å². The molecule has 7 heteroatoms. The molecule has 0 atom stereocenters. The highest BCUT2D eigenvalue weighted by atomic mass is 16.4. The summed E-state index contributed by atoms with van der Waals surface area (Å²) in [4.78, 5) is 34.9. The lowest BCUT2D eigenvalue weighted by Crippen LogP contribution is -2.26. The van der Waals surface area contributed by atoms with E-state index in [1.165, 1.54) is 4.90 Å². The quantitative estimate of drug-likeness (QED) is 0.785. The van der Waals surface area contributed by atoms with Crippen LogP contribution in [0, 0.1) is 0 Å². The van der Waals surface area contributed by atoms with Crippen molar-refractivity contribution in [2.45, 2.75) is 19.4 Å². The molecular weight excluding hydrogens is 238 g/mol. The first-order valence-electron chi connectivity index (χ1n) is 5.43. The smallest absolute Gasteiger partial charge is 0.356 e. The topological polar surface area (TPSA) is 92.5 Å². The SMILES string of the molecule is CN(C)C(=O)CCCn1nc(C(=O)O)ccc1=O. The number of aromatic nitrogens is 2. The van der Waals surface area contributed by atoms with Crippen LogP contribution in [0.1, 0.15) is 23.3 Å². The standard InChI is InChI=1S/C11H15N3O4/c1-13(2)9(15)4-3-7-14-10(16)6-5-8(12-14)11(17)18/h5-6H,3-4,7H2,1-2H3,(H,17,18). The molecule has 0 saturated carbocycles. The molecule has 0 spiro atoms. The average molecular weight is 253 g/mol. The van der Waals surface area contributed by atoms with Crippen LogP contribution in [0.15, 0.2) is 16.9 Å². The van der Waals surface area contributed by atoms with Crippen LogP contribution < -0.4 is 5.56 Å². The van der Waals surface area contributed by atoms with Crippen LogP contribution in [0.3, 0.4) is 0 Å². The van der Waals surface area contributed by atoms with Gasteiger partial charge in [0.2, 0.25) is 5.91 Å². The summed E-state index contributed by atoms with van der Waals surface area (Å²) >= 11 is 0. The van der Waals surface area contributed by atoms with Crippen LogP contribution in [-0.4, -0.2) is 45.8 Å². The summed E-state index contributed by atoms with van der Waals surface area (Å²) in [6.45, 7) is 0.222. The Labute approximate surface area is 104 Å². The predicted octanol–water partition coefficient (Wildman–Crippen LogP) is -0.190. The van der Waals surface area contributed by atoms with Crippen LogP contribution in [0.4, 0.5) is 0 Å². The van der Waals surface area contributed by atoms with Crippen molar-refractivity contribution in [3.05, 3.63) is 28.2 Å². The summed E-state index contributed by atoms with van der Waals surface area (Å²) in [6.07, 6.45) is 0.728. The van der Waals surface area contributed by atoms with Gasteiger partial charge in [-0.2, -0.15) is 5.10 Å². The first-order chi connectivity index (χ1) is 8.41. The Bertz CT molecular complexity index is 507. The molecule has 0 fully saturated rings. The van der Waals surface area contributed by atoms with Crippen molar-refractivity contribution >= 4 is 11.9 Å². The molecule has 0 saturated heterocycles. The Morgan fingerprint density at radius 2 is 2.06 bits per heavy atom. The van der Waals surface area contributed by atoms with Crippen molar-refractivity contribution < 1.29 is 14.7 Å². The summed E-state index contributed by atoms with van der Waals surface area (Å²) in [7, 11) is 3.30. The van der Waals surface area contributed by atoms with E-state index in [0.717, 1.165) is 16.8 Å². The van der Waals surface area contributed by atoms with Crippen molar-refractivity contribution in [1.82, 2.24) is 14.7 Å². The minimum atomic E-state index is -1.19. The highest BCUT2D eigenvalue weighted by Crippen LogP contribution is 1.96. The molecule has 0 unspecified atom stereocenters. The third kappa shape index (κ3) is 3.69. The number of carbonyl (C=O) groups is 2. The second-order valence-corrected chi connectivity index (χ2v) is 3.98. The van der Waals surface area contributed by atoms with E-state index in [0.29, 0.717) is 12.8 Å². The van der Waals surface area contributed by atoms with E-state index in [9.17, 15) is 14.4 Å². The molecule has 1 aromatic heterocycles. The molecule has 0 aromatic carbocycles. The summed E-state index contributed by atoms with van der Waals surface area (Å²) in [6, 6.07) is 2.32. The fraction of sp³-hybridized carbons (Fsp3) is 0.455. The molecule has 1 N–H and O–H groups in total. The molecule has 0 aliphatic carbocycles. The van der Waals surface area contributed by atoms with Gasteiger partial charge in [0, 0.05) is 33.1 Å². The van der Waals surface area contributed by atoms with Gasteiger partial charge in [0.05, 0.1) is 0 Å². The first-order valence-corrected chi connectivity index (χ1v) is 5.43. The minimum Gasteiger partial charge on any atom is -0.476 e. The molecule has 1 aromatic rings. The van der Waals surface area contributed by atoms with E-state index in [4.69, 9.17) is 5.11 Å². The Morgan fingerprint density at radius 3 is 2.61 bits per heavy atom. The third-order valence-electron chi connectivity index (χ3n) is 2.35. The predicted molar refractivity (Wildman–Crippen MR) is 63.4 cm³/mol. The largest absolute Gasteiger partial charge is 0.476 e. The van der Waals surface area contributed by atoms with Gasteiger partial charge in [0.1, 0.15) is 0 Å². The molecule has 1 rings (SSSR count). The van der Waals surface area contributed by atoms with Crippen molar-refractivity contribution in [2.24, 2.45) is 0 Å². The average Bonchev–Trinajstić information content (AvgIpc) is 2.30. The van der Waals surface area contributed by atoms with Gasteiger partial charge in [-0.25, -0.2) is 9.48 Å². The number of aryl methyl sites for hydroxylation is 1. The summed E-state index contributed by atoms with van der Waals surface area (Å²) in [5.41, 5.74) is -0.564. The summed E-state index contributed by atoms with van der Waals surface area (Å²) in [5, 5.41) is 12.4. The van der Waals surface area contributed by atoms with Gasteiger partial charge in [-0.15, -0.1) is 0 Å². The van der Waals surface area contributed by atoms with Gasteiger partial charge in [0.15, 0.2) is 5.69 Å². The van der Waals surface area contributed by atoms with Gasteiger partial charge in [-0.05, 0) is 12.5 Å². The zero-order valence-corrected chi connectivity index (χ0v) is 10.3. The number of carbonyl (C=O) groups excluding carboxylic acids is 1. The van der Waals surface area contributed by atoms with E-state index in [1.54, 1.807) is 14.1 Å². The molecule has 0 aliphatic heterocycles. The minimum absolute atomic E-state index is 0.0440. The Morgan fingerprint density at radius 1 is 1.39 bits per heavy atom. The van der Waals surface area contributed by atoms with Crippen LogP contribution in [0.25, 0.3) is 0 Å². The van der Waals surface area contributed by atoms with E-state index >= 15 is 0 Å². The van der Waals surface area contributed by atoms with Crippen molar-refractivity contribution in [2.75, 3.05) is 14.1 Å². The van der Waals surface area contributed by atoms with Gasteiger partial charge in [-0.3, -0.25) is 9.59 Å². The normalized spacial score (nSPS) is 10.1. The van der Waals surface area contributed by atoms with Gasteiger partial charge >= 0.3 is 5.97 Å². The van der Waals surface area contributed by atoms with Crippen molar-refractivity contribution in [3.63, 3.8) is 0 Å². The maximum atomic E-state index is 11.4. The summed E-state index contributed by atoms with van der Waals surface area (Å²) in [5.74, 6) is -1.23. The number of carboxylic acids is 1. The van der Waals surface area contributed by atoms with E-state index in [1.807, 2.05) is 0 Å². The van der Waals surface area contributed by atoms with Gasteiger partial charge in [0.25, 0.3) is 5.56 Å². The molecule has 1 amide bonds. The number of carboxylic acid groups (broad SMARTS) is 1. The van der Waals surface area contributed by atoms with Crippen LogP contribution in [-0.2, 0) is 11.3 Å². The number of amides is 1. The second kappa shape index (κ2) is 5.95. The molecule has 0 bridgehead atoms. The molecule has 0 aliphatic rings. The Hall–Kier alpha value is -2.18. The zero-order chi connectivity index (χ0) is 13.7. The van der Waals surface area contributed by atoms with Gasteiger partial charge < -0.3 is 10.0 Å². The lowest BCUT2D eigenvalue weighted by Gasteiger charge is -2.10. The first kappa shape index (κ1) is 13.9.